The molecular formula is C21H23N5O2. The maximum absolute atomic E-state index is 12.1. The van der Waals surface area contributed by atoms with Crippen LogP contribution in [0.25, 0.3) is 0 Å². The van der Waals surface area contributed by atoms with Gasteiger partial charge in [-0.15, -0.1) is 0 Å². The first kappa shape index (κ1) is 19.2. The molecule has 7 heteroatoms. The molecule has 0 aliphatic heterocycles. The average molecular weight is 377 g/mol. The van der Waals surface area contributed by atoms with Crippen molar-refractivity contribution < 1.29 is 9.53 Å². The zero-order valence-corrected chi connectivity index (χ0v) is 16.4. The minimum absolute atomic E-state index is 0.380. The van der Waals surface area contributed by atoms with Crippen molar-refractivity contribution in [3.8, 4) is 0 Å². The number of nitrogens with two attached hydrogens (primary N) is 1. The van der Waals surface area contributed by atoms with Crippen molar-refractivity contribution in [2.24, 2.45) is 0 Å². The highest BCUT2D eigenvalue weighted by molar-refractivity contribution is 5.97. The molecule has 3 aromatic rings. The van der Waals surface area contributed by atoms with E-state index in [9.17, 15) is 4.79 Å². The molecule has 3 N–H and O–H groups in total. The van der Waals surface area contributed by atoms with E-state index in [4.69, 9.17) is 10.5 Å². The third-order valence-corrected chi connectivity index (χ3v) is 4.50. The lowest BCUT2D eigenvalue weighted by molar-refractivity contribution is 0.0601. The molecule has 144 valence electrons. The summed E-state index contributed by atoms with van der Waals surface area (Å²) >= 11 is 0. The summed E-state index contributed by atoms with van der Waals surface area (Å²) in [6.45, 7) is 4.04. The van der Waals surface area contributed by atoms with Gasteiger partial charge in [0.25, 0.3) is 0 Å². The number of rotatable bonds is 5. The fraction of sp³-hybridized carbons (Fsp3) is 0.190. The Balaban J connectivity index is 2.00. The summed E-state index contributed by atoms with van der Waals surface area (Å²) in [5.74, 6) is 0.559. The number of hydrogen-bond acceptors (Lipinski definition) is 7. The lowest BCUT2D eigenvalue weighted by Crippen LogP contribution is -2.18. The Labute approximate surface area is 164 Å². The van der Waals surface area contributed by atoms with E-state index in [-0.39, 0.29) is 0 Å². The number of nitrogen functional groups attached to an aromatic ring is 1. The number of benzene rings is 2. The molecule has 0 amide bonds. The Morgan fingerprint density at radius 1 is 1.14 bits per heavy atom. The zero-order valence-electron chi connectivity index (χ0n) is 16.4. The molecular weight excluding hydrogens is 354 g/mol. The van der Waals surface area contributed by atoms with Crippen LogP contribution in [0.15, 0.2) is 48.8 Å². The number of anilines is 5. The van der Waals surface area contributed by atoms with E-state index in [2.05, 4.69) is 15.3 Å². The van der Waals surface area contributed by atoms with Gasteiger partial charge in [0.15, 0.2) is 11.6 Å². The Morgan fingerprint density at radius 2 is 1.89 bits per heavy atom. The van der Waals surface area contributed by atoms with Gasteiger partial charge in [-0.2, -0.15) is 0 Å². The van der Waals surface area contributed by atoms with Crippen LogP contribution in [0.3, 0.4) is 0 Å². The zero-order chi connectivity index (χ0) is 20.3. The number of nitrogens with zero attached hydrogens (tertiary/aromatic N) is 3. The molecule has 2 aromatic carbocycles. The third-order valence-electron chi connectivity index (χ3n) is 4.50. The molecule has 0 radical (unpaired) electrons. The van der Waals surface area contributed by atoms with Crippen molar-refractivity contribution in [3.63, 3.8) is 0 Å². The maximum atomic E-state index is 12.1. The predicted octanol–water partition coefficient (Wildman–Crippen LogP) is 3.97. The molecule has 0 saturated heterocycles. The summed E-state index contributed by atoms with van der Waals surface area (Å²) in [6.07, 6.45) is 1.44. The molecule has 7 nitrogen and oxygen atoms in total. The highest BCUT2D eigenvalue weighted by atomic mass is 16.5. The van der Waals surface area contributed by atoms with E-state index in [0.29, 0.717) is 28.6 Å². The predicted molar refractivity (Wildman–Crippen MR) is 111 cm³/mol. The number of aromatic nitrogens is 2. The smallest absolute Gasteiger partial charge is 0.339 e. The van der Waals surface area contributed by atoms with E-state index in [1.54, 1.807) is 24.1 Å². The Morgan fingerprint density at radius 3 is 2.64 bits per heavy atom. The molecule has 3 rings (SSSR count). The van der Waals surface area contributed by atoms with Crippen molar-refractivity contribution in [2.45, 2.75) is 13.8 Å². The quantitative estimate of drug-likeness (QED) is 0.650. The summed E-state index contributed by atoms with van der Waals surface area (Å²) in [4.78, 5) is 22.5. The number of carbonyl (C=O) groups excluding carboxylic acids is 1. The number of methoxy groups -OCH3 is 1. The molecule has 1 heterocycles. The Bertz CT molecular complexity index is 1020. The fourth-order valence-electron chi connectivity index (χ4n) is 2.91. The number of ether oxygens (including phenoxy) is 1. The summed E-state index contributed by atoms with van der Waals surface area (Å²) in [5.41, 5.74) is 10.9. The van der Waals surface area contributed by atoms with Gasteiger partial charge in [-0.25, -0.2) is 14.8 Å². The van der Waals surface area contributed by atoms with E-state index in [0.717, 1.165) is 16.8 Å². The van der Waals surface area contributed by atoms with E-state index < -0.39 is 5.97 Å². The first-order chi connectivity index (χ1) is 13.4. The molecule has 1 aromatic heterocycles. The molecule has 28 heavy (non-hydrogen) atoms. The first-order valence-corrected chi connectivity index (χ1v) is 8.78. The van der Waals surface area contributed by atoms with E-state index in [1.165, 1.54) is 13.4 Å². The first-order valence-electron chi connectivity index (χ1n) is 8.78. The topological polar surface area (TPSA) is 93.4 Å². The fourth-order valence-corrected chi connectivity index (χ4v) is 2.91. The number of carbonyl (C=O) groups is 1. The van der Waals surface area contributed by atoms with Gasteiger partial charge < -0.3 is 20.7 Å². The van der Waals surface area contributed by atoms with Gasteiger partial charge in [-0.1, -0.05) is 24.3 Å². The number of aryl methyl sites for hydroxylation is 2. The van der Waals surface area contributed by atoms with Crippen LogP contribution in [0.4, 0.5) is 28.7 Å². The van der Waals surface area contributed by atoms with Gasteiger partial charge in [0.05, 0.1) is 18.4 Å². The van der Waals surface area contributed by atoms with E-state index >= 15 is 0 Å². The molecule has 0 aliphatic rings. The lowest BCUT2D eigenvalue weighted by Gasteiger charge is -2.23. The van der Waals surface area contributed by atoms with Crippen LogP contribution in [-0.2, 0) is 4.74 Å². The SMILES string of the molecule is COC(=O)c1ccccc1N(C)c1ncnc(Nc2cc(C)ccc2C)c1N. The number of para-hydroxylation sites is 1. The molecule has 0 aliphatic carbocycles. The monoisotopic (exact) mass is 377 g/mol. The summed E-state index contributed by atoms with van der Waals surface area (Å²) in [7, 11) is 3.15. The Kier molecular flexibility index (Phi) is 5.44. The number of esters is 1. The maximum Gasteiger partial charge on any atom is 0.339 e. The van der Waals surface area contributed by atoms with Crippen LogP contribution in [0.2, 0.25) is 0 Å². The van der Waals surface area contributed by atoms with Gasteiger partial charge >= 0.3 is 5.97 Å². The molecule has 0 spiro atoms. The minimum Gasteiger partial charge on any atom is -0.465 e. The van der Waals surface area contributed by atoms with Gasteiger partial charge in [0.1, 0.15) is 12.0 Å². The van der Waals surface area contributed by atoms with Crippen molar-refractivity contribution in [2.75, 3.05) is 30.1 Å². The molecule has 0 saturated carbocycles. The van der Waals surface area contributed by atoms with Crippen molar-refractivity contribution in [1.29, 1.82) is 0 Å². The molecule has 0 bridgehead atoms. The third kappa shape index (κ3) is 3.73. The molecule has 0 atom stereocenters. The minimum atomic E-state index is -0.427. The van der Waals surface area contributed by atoms with Crippen LogP contribution in [0.5, 0.6) is 0 Å². The standard InChI is InChI=1S/C21H23N5O2/c1-13-9-10-14(2)16(11-13)25-19-18(22)20(24-12-23-19)26(3)17-8-6-5-7-15(17)21(27)28-4/h5-12H,22H2,1-4H3,(H,23,24,25). The summed E-state index contributed by atoms with van der Waals surface area (Å²) in [5, 5.41) is 3.28. The van der Waals surface area contributed by atoms with Crippen molar-refractivity contribution in [1.82, 2.24) is 9.97 Å². The van der Waals surface area contributed by atoms with Gasteiger partial charge in [0, 0.05) is 12.7 Å². The van der Waals surface area contributed by atoms with Crippen LogP contribution in [0, 0.1) is 13.8 Å². The van der Waals surface area contributed by atoms with Crippen LogP contribution >= 0.6 is 0 Å². The highest BCUT2D eigenvalue weighted by Crippen LogP contribution is 2.34. The molecule has 0 unspecified atom stereocenters. The van der Waals surface area contributed by atoms with Crippen molar-refractivity contribution in [3.05, 3.63) is 65.5 Å². The van der Waals surface area contributed by atoms with Gasteiger partial charge in [-0.05, 0) is 43.2 Å². The van der Waals surface area contributed by atoms with Crippen LogP contribution in [0.1, 0.15) is 21.5 Å². The van der Waals surface area contributed by atoms with Crippen LogP contribution in [-0.4, -0.2) is 30.1 Å². The number of hydrogen-bond donors (Lipinski definition) is 2. The normalized spacial score (nSPS) is 10.4. The lowest BCUT2D eigenvalue weighted by atomic mass is 10.1. The summed E-state index contributed by atoms with van der Waals surface area (Å²) in [6, 6.07) is 13.2. The van der Waals surface area contributed by atoms with E-state index in [1.807, 2.05) is 44.2 Å². The second kappa shape index (κ2) is 7.96. The number of nitrogens with one attached hydrogen (secondary N) is 1. The summed E-state index contributed by atoms with van der Waals surface area (Å²) < 4.78 is 4.88. The average Bonchev–Trinajstić information content (AvgIpc) is 2.71. The molecule has 0 fully saturated rings. The van der Waals surface area contributed by atoms with Gasteiger partial charge in [-0.3, -0.25) is 0 Å². The largest absolute Gasteiger partial charge is 0.465 e. The Hall–Kier alpha value is -3.61. The second-order valence-corrected chi connectivity index (χ2v) is 6.47. The van der Waals surface area contributed by atoms with Gasteiger partial charge in [0.2, 0.25) is 0 Å². The second-order valence-electron chi connectivity index (χ2n) is 6.47. The van der Waals surface area contributed by atoms with Crippen LogP contribution < -0.4 is 16.0 Å². The highest BCUT2D eigenvalue weighted by Gasteiger charge is 2.19. The van der Waals surface area contributed by atoms with Crippen molar-refractivity contribution >= 4 is 34.7 Å².